The van der Waals surface area contributed by atoms with E-state index in [0.717, 1.165) is 24.0 Å². The molecule has 8 heteroatoms. The quantitative estimate of drug-likeness (QED) is 0.382. The first-order valence-corrected chi connectivity index (χ1v) is 11.2. The Kier molecular flexibility index (Phi) is 7.93. The van der Waals surface area contributed by atoms with Crippen molar-refractivity contribution in [2.24, 2.45) is 0 Å². The molecule has 1 aliphatic rings. The summed E-state index contributed by atoms with van der Waals surface area (Å²) in [6.07, 6.45) is 7.11. The summed E-state index contributed by atoms with van der Waals surface area (Å²) >= 11 is 0. The van der Waals surface area contributed by atoms with Gasteiger partial charge in [-0.25, -0.2) is 4.57 Å². The highest BCUT2D eigenvalue weighted by Gasteiger charge is 2.28. The van der Waals surface area contributed by atoms with E-state index in [2.05, 4.69) is 14.6 Å². The first-order chi connectivity index (χ1) is 12.2. The molecule has 1 aliphatic carbocycles. The van der Waals surface area contributed by atoms with Crippen LogP contribution in [0.1, 0.15) is 49.7 Å². The van der Waals surface area contributed by atoms with Crippen molar-refractivity contribution in [2.45, 2.75) is 57.7 Å². The third-order valence-electron chi connectivity index (χ3n) is 4.64. The fourth-order valence-corrected chi connectivity index (χ4v) is 4.71. The van der Waals surface area contributed by atoms with Crippen molar-refractivity contribution in [3.63, 3.8) is 0 Å². The molecule has 0 heterocycles. The Hall–Kier alpha value is -0.640. The first kappa shape index (κ1) is 21.7. The predicted octanol–water partition coefficient (Wildman–Crippen LogP) is 4.32. The molecule has 0 aromatic heterocycles. The van der Waals surface area contributed by atoms with Gasteiger partial charge in [-0.2, -0.15) is 0 Å². The van der Waals surface area contributed by atoms with E-state index in [0.29, 0.717) is 12.3 Å². The number of methoxy groups -OCH3 is 1. The molecule has 2 atom stereocenters. The van der Waals surface area contributed by atoms with Crippen LogP contribution in [0.2, 0.25) is 0 Å². The maximum atomic E-state index is 12.3. The first-order valence-electron chi connectivity index (χ1n) is 9.11. The molecule has 1 aromatic carbocycles. The summed E-state index contributed by atoms with van der Waals surface area (Å²) in [5.41, 5.74) is 1.71. The highest BCUT2D eigenvalue weighted by atomic mass is 31.2. The molecule has 1 aromatic rings. The molecular weight excluding hydrogens is 372 g/mol. The second kappa shape index (κ2) is 9.52. The van der Waals surface area contributed by atoms with E-state index in [-0.39, 0.29) is 17.6 Å². The van der Waals surface area contributed by atoms with Gasteiger partial charge < -0.3 is 14.6 Å². The zero-order chi connectivity index (χ0) is 19.2. The van der Waals surface area contributed by atoms with Crippen molar-refractivity contribution in [3.05, 3.63) is 23.3 Å². The Morgan fingerprint density at radius 3 is 2.50 bits per heavy atom. The van der Waals surface area contributed by atoms with Gasteiger partial charge in [0.15, 0.2) is 11.5 Å². The van der Waals surface area contributed by atoms with Gasteiger partial charge in [-0.3, -0.25) is 9.42 Å². The molecule has 1 saturated carbocycles. The molecule has 0 spiro atoms. The average molecular weight is 403 g/mol. The lowest BCUT2D eigenvalue weighted by Gasteiger charge is -2.29. The van der Waals surface area contributed by atoms with Gasteiger partial charge in [0.1, 0.15) is 0 Å². The van der Waals surface area contributed by atoms with Crippen molar-refractivity contribution in [2.75, 3.05) is 20.3 Å². The van der Waals surface area contributed by atoms with Gasteiger partial charge in [-0.1, -0.05) is 31.7 Å². The van der Waals surface area contributed by atoms with Gasteiger partial charge in [-0.05, 0) is 43.9 Å². The zero-order valence-electron chi connectivity index (χ0n) is 15.9. The van der Waals surface area contributed by atoms with E-state index >= 15 is 0 Å². The molecule has 2 N–H and O–H groups in total. The van der Waals surface area contributed by atoms with Crippen LogP contribution >= 0.6 is 17.1 Å². The SMILES string of the molecule is COc1cc(C)cc(C)c1OP(=O)(O)OCCNC1(P)CCCCCC1. The van der Waals surface area contributed by atoms with E-state index in [9.17, 15) is 9.46 Å². The summed E-state index contributed by atoms with van der Waals surface area (Å²) in [6, 6.07) is 3.62. The van der Waals surface area contributed by atoms with Crippen LogP contribution in [0.25, 0.3) is 0 Å². The summed E-state index contributed by atoms with van der Waals surface area (Å²) in [4.78, 5) is 10.1. The van der Waals surface area contributed by atoms with E-state index in [1.165, 1.54) is 32.8 Å². The number of phosphoric acid groups is 1. The number of hydrogen-bond donors (Lipinski definition) is 2. The molecule has 0 aliphatic heterocycles. The van der Waals surface area contributed by atoms with Gasteiger partial charge in [0.05, 0.1) is 13.7 Å². The minimum Gasteiger partial charge on any atom is -0.493 e. The highest BCUT2D eigenvalue weighted by Crippen LogP contribution is 2.48. The van der Waals surface area contributed by atoms with Crippen molar-refractivity contribution in [1.29, 1.82) is 0 Å². The molecular formula is C18H31NO5P2. The number of rotatable bonds is 8. The third kappa shape index (κ3) is 6.51. The Morgan fingerprint density at radius 2 is 1.88 bits per heavy atom. The smallest absolute Gasteiger partial charge is 0.493 e. The number of nitrogens with one attached hydrogen (secondary N) is 1. The Balaban J connectivity index is 1.88. The summed E-state index contributed by atoms with van der Waals surface area (Å²) in [7, 11) is 0.182. The van der Waals surface area contributed by atoms with E-state index < -0.39 is 7.82 Å². The van der Waals surface area contributed by atoms with Crippen molar-refractivity contribution in [3.8, 4) is 11.5 Å². The molecule has 0 radical (unpaired) electrons. The monoisotopic (exact) mass is 403 g/mol. The fraction of sp³-hybridized carbons (Fsp3) is 0.667. The molecule has 2 rings (SSSR count). The lowest BCUT2D eigenvalue weighted by Crippen LogP contribution is -2.40. The molecule has 2 unspecified atom stereocenters. The number of ether oxygens (including phenoxy) is 1. The number of hydrogen-bond acceptors (Lipinski definition) is 5. The fourth-order valence-electron chi connectivity index (χ4n) is 3.32. The lowest BCUT2D eigenvalue weighted by molar-refractivity contribution is 0.196. The van der Waals surface area contributed by atoms with Crippen LogP contribution in [0.4, 0.5) is 0 Å². The van der Waals surface area contributed by atoms with Crippen LogP contribution in [-0.4, -0.2) is 30.4 Å². The predicted molar refractivity (Wildman–Crippen MR) is 107 cm³/mol. The molecule has 0 amide bonds. The number of aryl methyl sites for hydroxylation is 2. The van der Waals surface area contributed by atoms with Gasteiger partial charge in [0.2, 0.25) is 0 Å². The summed E-state index contributed by atoms with van der Waals surface area (Å²) in [5, 5.41) is 3.44. The number of phosphoric ester groups is 1. The van der Waals surface area contributed by atoms with Crippen LogP contribution < -0.4 is 14.6 Å². The van der Waals surface area contributed by atoms with Gasteiger partial charge >= 0.3 is 7.82 Å². The molecule has 6 nitrogen and oxygen atoms in total. The molecule has 26 heavy (non-hydrogen) atoms. The topological polar surface area (TPSA) is 77.0 Å². The maximum Gasteiger partial charge on any atom is 0.527 e. The van der Waals surface area contributed by atoms with Gasteiger partial charge in [0, 0.05) is 11.8 Å². The summed E-state index contributed by atoms with van der Waals surface area (Å²) < 4.78 is 28.0. The summed E-state index contributed by atoms with van der Waals surface area (Å²) in [5.74, 6) is 0.657. The van der Waals surface area contributed by atoms with Gasteiger partial charge in [-0.15, -0.1) is 9.24 Å². The van der Waals surface area contributed by atoms with Gasteiger partial charge in [0.25, 0.3) is 0 Å². The summed E-state index contributed by atoms with van der Waals surface area (Å²) in [6.45, 7) is 4.31. The van der Waals surface area contributed by atoms with Crippen LogP contribution in [0.15, 0.2) is 12.1 Å². The Labute approximate surface area is 158 Å². The molecule has 0 bridgehead atoms. The van der Waals surface area contributed by atoms with Crippen molar-refractivity contribution >= 4 is 17.1 Å². The van der Waals surface area contributed by atoms with Crippen molar-refractivity contribution < 1.29 is 23.2 Å². The number of benzene rings is 1. The normalized spacial score (nSPS) is 19.4. The minimum atomic E-state index is -4.22. The second-order valence-corrected chi connectivity index (χ2v) is 9.49. The molecule has 0 saturated heterocycles. The van der Waals surface area contributed by atoms with E-state index in [1.807, 2.05) is 13.0 Å². The van der Waals surface area contributed by atoms with Crippen LogP contribution in [0, 0.1) is 13.8 Å². The third-order valence-corrected chi connectivity index (χ3v) is 6.34. The highest BCUT2D eigenvalue weighted by molar-refractivity contribution is 7.47. The molecule has 1 fully saturated rings. The van der Waals surface area contributed by atoms with E-state index in [4.69, 9.17) is 13.8 Å². The lowest BCUT2D eigenvalue weighted by atomic mass is 10.1. The van der Waals surface area contributed by atoms with E-state index in [1.54, 1.807) is 13.0 Å². The molecule has 148 valence electrons. The maximum absolute atomic E-state index is 12.3. The zero-order valence-corrected chi connectivity index (χ0v) is 18.0. The van der Waals surface area contributed by atoms with Crippen molar-refractivity contribution in [1.82, 2.24) is 5.32 Å². The standard InChI is InChI=1S/C18H31NO5P2/c1-14-12-15(2)17(16(13-14)22-3)24-26(20,21)23-11-10-19-18(25)8-6-4-5-7-9-18/h12-13,19H,4-11,25H2,1-3H3,(H,20,21). The second-order valence-electron chi connectivity index (χ2n) is 7.00. The van der Waals surface area contributed by atoms with Crippen LogP contribution in [0.3, 0.4) is 0 Å². The largest absolute Gasteiger partial charge is 0.527 e. The van der Waals surface area contributed by atoms with Crippen LogP contribution in [0.5, 0.6) is 11.5 Å². The Morgan fingerprint density at radius 1 is 1.23 bits per heavy atom. The van der Waals surface area contributed by atoms with Crippen LogP contribution in [-0.2, 0) is 9.09 Å². The minimum absolute atomic E-state index is 0.00305. The average Bonchev–Trinajstić information content (AvgIpc) is 2.79. The Bertz CT molecular complexity index is 645.